The van der Waals surface area contributed by atoms with Crippen LogP contribution in [0.3, 0.4) is 0 Å². The van der Waals surface area contributed by atoms with Crippen LogP contribution in [0, 0.1) is 17.3 Å². The largest absolute Gasteiger partial charge is 0.573 e. The maximum atomic E-state index is 12.2. The fraction of sp³-hybridized carbons (Fsp3) is 0.647. The minimum Gasteiger partial charge on any atom is -0.406 e. The van der Waals surface area contributed by atoms with Gasteiger partial charge in [0.25, 0.3) is 0 Å². The highest BCUT2D eigenvalue weighted by Crippen LogP contribution is 2.43. The summed E-state index contributed by atoms with van der Waals surface area (Å²) in [6.07, 6.45) is -2.34. The van der Waals surface area contributed by atoms with Crippen molar-refractivity contribution < 1.29 is 17.9 Å². The predicted molar refractivity (Wildman–Crippen MR) is 81.9 cm³/mol. The molecule has 0 bridgehead atoms. The van der Waals surface area contributed by atoms with Gasteiger partial charge in [-0.1, -0.05) is 27.7 Å². The Kier molecular flexibility index (Phi) is 4.64. The van der Waals surface area contributed by atoms with Crippen molar-refractivity contribution in [1.82, 2.24) is 0 Å². The van der Waals surface area contributed by atoms with Gasteiger partial charge in [-0.05, 0) is 54.4 Å². The average molecular weight is 315 g/mol. The fourth-order valence-electron chi connectivity index (χ4n) is 3.92. The Morgan fingerprint density at radius 1 is 1.14 bits per heavy atom. The lowest BCUT2D eigenvalue weighted by Gasteiger charge is -2.46. The fourth-order valence-corrected chi connectivity index (χ4v) is 3.92. The first-order chi connectivity index (χ1) is 10.1. The van der Waals surface area contributed by atoms with Crippen molar-refractivity contribution in [2.24, 2.45) is 17.3 Å². The van der Waals surface area contributed by atoms with Gasteiger partial charge in [0.15, 0.2) is 0 Å². The maximum absolute atomic E-state index is 12.2. The Balaban J connectivity index is 2.07. The molecule has 1 aromatic rings. The van der Waals surface area contributed by atoms with Crippen molar-refractivity contribution in [2.75, 3.05) is 5.32 Å². The van der Waals surface area contributed by atoms with Gasteiger partial charge >= 0.3 is 6.36 Å². The number of halogens is 3. The standard InChI is InChI=1S/C17H24F3NO/c1-11-9-12(2)15(16(3,4)10-11)21-13-5-7-14(8-6-13)22-17(18,19)20/h5-8,11-12,15,21H,9-10H2,1-4H3/t11-,12-,15?/m1/s1. The van der Waals surface area contributed by atoms with Crippen molar-refractivity contribution in [3.63, 3.8) is 0 Å². The van der Waals surface area contributed by atoms with E-state index in [2.05, 4.69) is 37.7 Å². The van der Waals surface area contributed by atoms with Gasteiger partial charge in [0, 0.05) is 11.7 Å². The number of benzene rings is 1. The lowest BCUT2D eigenvalue weighted by molar-refractivity contribution is -0.274. The SMILES string of the molecule is C[C@@H]1C[C@@H](C)C(Nc2ccc(OC(F)(F)F)cc2)C(C)(C)C1. The Hall–Kier alpha value is -1.39. The van der Waals surface area contributed by atoms with E-state index in [0.717, 1.165) is 18.5 Å². The number of anilines is 1. The zero-order chi connectivity index (χ0) is 16.5. The zero-order valence-corrected chi connectivity index (χ0v) is 13.5. The third kappa shape index (κ3) is 4.31. The van der Waals surface area contributed by atoms with E-state index in [-0.39, 0.29) is 11.2 Å². The highest BCUT2D eigenvalue weighted by molar-refractivity contribution is 5.47. The van der Waals surface area contributed by atoms with E-state index in [1.54, 1.807) is 12.1 Å². The van der Waals surface area contributed by atoms with Crippen molar-refractivity contribution in [2.45, 2.75) is 52.9 Å². The van der Waals surface area contributed by atoms with Crippen LogP contribution >= 0.6 is 0 Å². The van der Waals surface area contributed by atoms with Gasteiger partial charge in [-0.25, -0.2) is 0 Å². The molecule has 22 heavy (non-hydrogen) atoms. The van der Waals surface area contributed by atoms with E-state index < -0.39 is 6.36 Å². The minimum absolute atomic E-state index is 0.151. The molecule has 0 saturated heterocycles. The number of hydrogen-bond acceptors (Lipinski definition) is 2. The molecule has 0 amide bonds. The summed E-state index contributed by atoms with van der Waals surface area (Å²) in [5.74, 6) is 1.03. The highest BCUT2D eigenvalue weighted by Gasteiger charge is 2.39. The van der Waals surface area contributed by atoms with Crippen LogP contribution in [-0.4, -0.2) is 12.4 Å². The second-order valence-electron chi connectivity index (χ2n) is 7.21. The molecule has 0 radical (unpaired) electrons. The first-order valence-corrected chi connectivity index (χ1v) is 7.69. The Bertz CT molecular complexity index is 496. The Morgan fingerprint density at radius 2 is 1.73 bits per heavy atom. The first kappa shape index (κ1) is 17.0. The van der Waals surface area contributed by atoms with Gasteiger partial charge in [0.1, 0.15) is 5.75 Å². The molecule has 1 unspecified atom stereocenters. The van der Waals surface area contributed by atoms with Gasteiger partial charge in [-0.2, -0.15) is 0 Å². The van der Waals surface area contributed by atoms with E-state index in [4.69, 9.17) is 0 Å². The molecular weight excluding hydrogens is 291 g/mol. The third-order valence-corrected chi connectivity index (χ3v) is 4.47. The van der Waals surface area contributed by atoms with Gasteiger partial charge in [-0.3, -0.25) is 0 Å². The molecule has 1 saturated carbocycles. The number of rotatable bonds is 3. The highest BCUT2D eigenvalue weighted by atomic mass is 19.4. The second kappa shape index (κ2) is 6.01. The van der Waals surface area contributed by atoms with Crippen LogP contribution in [0.5, 0.6) is 5.75 Å². The van der Waals surface area contributed by atoms with E-state index in [0.29, 0.717) is 17.9 Å². The molecule has 2 nitrogen and oxygen atoms in total. The smallest absolute Gasteiger partial charge is 0.406 e. The molecule has 0 spiro atoms. The summed E-state index contributed by atoms with van der Waals surface area (Å²) in [5.41, 5.74) is 0.979. The number of ether oxygens (including phenoxy) is 1. The maximum Gasteiger partial charge on any atom is 0.573 e. The molecule has 3 atom stereocenters. The summed E-state index contributed by atoms with van der Waals surface area (Å²) < 4.78 is 40.4. The van der Waals surface area contributed by atoms with Crippen molar-refractivity contribution in [1.29, 1.82) is 0 Å². The number of alkyl halides is 3. The molecular formula is C17H24F3NO. The van der Waals surface area contributed by atoms with Crippen LogP contribution < -0.4 is 10.1 Å². The van der Waals surface area contributed by atoms with E-state index in [9.17, 15) is 13.2 Å². The lowest BCUT2D eigenvalue weighted by Crippen LogP contribution is -2.46. The van der Waals surface area contributed by atoms with Crippen LogP contribution in [0.15, 0.2) is 24.3 Å². The summed E-state index contributed by atoms with van der Waals surface area (Å²) in [5, 5.41) is 3.49. The Morgan fingerprint density at radius 3 is 2.23 bits per heavy atom. The van der Waals surface area contributed by atoms with Crippen LogP contribution in [0.2, 0.25) is 0 Å². The molecule has 0 aromatic heterocycles. The molecule has 1 aromatic carbocycles. The molecule has 2 rings (SSSR count). The first-order valence-electron chi connectivity index (χ1n) is 7.69. The summed E-state index contributed by atoms with van der Waals surface area (Å²) in [6.45, 7) is 9.00. The zero-order valence-electron chi connectivity index (χ0n) is 13.5. The molecule has 0 aliphatic heterocycles. The Labute approximate surface area is 130 Å². The topological polar surface area (TPSA) is 21.3 Å². The quantitative estimate of drug-likeness (QED) is 0.800. The lowest BCUT2D eigenvalue weighted by atomic mass is 9.65. The van der Waals surface area contributed by atoms with Crippen LogP contribution in [0.25, 0.3) is 0 Å². The molecule has 124 valence electrons. The van der Waals surface area contributed by atoms with Gasteiger partial charge in [0.2, 0.25) is 0 Å². The van der Waals surface area contributed by atoms with E-state index in [1.807, 2.05) is 0 Å². The molecule has 1 aliphatic carbocycles. The molecule has 5 heteroatoms. The van der Waals surface area contributed by atoms with Crippen LogP contribution in [0.1, 0.15) is 40.5 Å². The van der Waals surface area contributed by atoms with Crippen molar-refractivity contribution in [3.8, 4) is 5.75 Å². The molecule has 1 fully saturated rings. The normalized spacial score (nSPS) is 28.2. The van der Waals surface area contributed by atoms with Gasteiger partial charge < -0.3 is 10.1 Å². The summed E-state index contributed by atoms with van der Waals surface area (Å²) in [7, 11) is 0. The third-order valence-electron chi connectivity index (χ3n) is 4.47. The summed E-state index contributed by atoms with van der Waals surface area (Å²) >= 11 is 0. The monoisotopic (exact) mass is 315 g/mol. The average Bonchev–Trinajstić information content (AvgIpc) is 2.33. The molecule has 0 heterocycles. The summed E-state index contributed by atoms with van der Waals surface area (Å²) in [4.78, 5) is 0. The van der Waals surface area contributed by atoms with E-state index >= 15 is 0 Å². The minimum atomic E-state index is -4.65. The van der Waals surface area contributed by atoms with Crippen molar-refractivity contribution in [3.05, 3.63) is 24.3 Å². The van der Waals surface area contributed by atoms with Gasteiger partial charge in [0.05, 0.1) is 0 Å². The van der Waals surface area contributed by atoms with Crippen molar-refractivity contribution >= 4 is 5.69 Å². The molecule has 1 N–H and O–H groups in total. The number of nitrogens with one attached hydrogen (secondary N) is 1. The summed E-state index contributed by atoms with van der Waals surface area (Å²) in [6, 6.07) is 6.28. The van der Waals surface area contributed by atoms with Gasteiger partial charge in [-0.15, -0.1) is 13.2 Å². The second-order valence-corrected chi connectivity index (χ2v) is 7.21. The van der Waals surface area contributed by atoms with E-state index in [1.165, 1.54) is 12.1 Å². The predicted octanol–water partition coefficient (Wildman–Crippen LogP) is 5.46. The van der Waals surface area contributed by atoms with Crippen LogP contribution in [-0.2, 0) is 0 Å². The van der Waals surface area contributed by atoms with Crippen LogP contribution in [0.4, 0.5) is 18.9 Å². The number of hydrogen-bond donors (Lipinski definition) is 1. The molecule has 1 aliphatic rings.